The van der Waals surface area contributed by atoms with Gasteiger partial charge in [0.05, 0.1) is 17.3 Å². The number of amides is 1. The van der Waals surface area contributed by atoms with Gasteiger partial charge in [-0.15, -0.1) is 0 Å². The summed E-state index contributed by atoms with van der Waals surface area (Å²) in [5, 5.41) is 16.6. The zero-order valence-corrected chi connectivity index (χ0v) is 11.3. The highest BCUT2D eigenvalue weighted by Crippen LogP contribution is 2.24. The average molecular weight is 273 g/mol. The molecule has 3 rings (SSSR count). The number of hydrogen-bond acceptors (Lipinski definition) is 3. The summed E-state index contributed by atoms with van der Waals surface area (Å²) in [6, 6.07) is 5.72. The molecule has 1 fully saturated rings. The number of carbonyl (C=O) groups excluding carboxylic acids is 1. The molecule has 1 amide bonds. The van der Waals surface area contributed by atoms with Gasteiger partial charge in [-0.05, 0) is 25.0 Å². The van der Waals surface area contributed by atoms with Crippen molar-refractivity contribution < 1.29 is 9.90 Å². The van der Waals surface area contributed by atoms with Gasteiger partial charge < -0.3 is 10.4 Å². The van der Waals surface area contributed by atoms with Crippen LogP contribution in [-0.2, 0) is 0 Å². The van der Waals surface area contributed by atoms with Crippen molar-refractivity contribution in [3.63, 3.8) is 0 Å². The Labute approximate surface area is 117 Å². The molecule has 106 valence electrons. The number of fused-ring (bicyclic) bond motifs is 1. The molecule has 0 saturated heterocycles. The first-order valence-electron chi connectivity index (χ1n) is 7.13. The third kappa shape index (κ3) is 2.41. The average Bonchev–Trinajstić information content (AvgIpc) is 2.92. The Morgan fingerprint density at radius 2 is 2.25 bits per heavy atom. The second-order valence-corrected chi connectivity index (χ2v) is 5.40. The fourth-order valence-electron chi connectivity index (χ4n) is 2.97. The highest BCUT2D eigenvalue weighted by molar-refractivity contribution is 6.00. The minimum absolute atomic E-state index is 0.0694. The number of nitrogens with one attached hydrogen (secondary N) is 1. The Bertz CT molecular complexity index is 608. The van der Waals surface area contributed by atoms with Crippen molar-refractivity contribution >= 4 is 11.4 Å². The Morgan fingerprint density at radius 1 is 1.40 bits per heavy atom. The molecule has 2 aromatic heterocycles. The molecule has 0 radical (unpaired) electrons. The molecule has 1 aliphatic carbocycles. The first-order chi connectivity index (χ1) is 9.79. The van der Waals surface area contributed by atoms with Crippen LogP contribution in [0.15, 0.2) is 30.6 Å². The summed E-state index contributed by atoms with van der Waals surface area (Å²) in [7, 11) is 0. The van der Waals surface area contributed by atoms with Crippen LogP contribution in [0.1, 0.15) is 36.0 Å². The van der Waals surface area contributed by atoms with Crippen molar-refractivity contribution in [2.24, 2.45) is 5.92 Å². The topological polar surface area (TPSA) is 66.6 Å². The molecule has 2 N–H and O–H groups in total. The molecule has 20 heavy (non-hydrogen) atoms. The van der Waals surface area contributed by atoms with Crippen LogP contribution in [0.3, 0.4) is 0 Å². The SMILES string of the molecule is O=C(NC1CCCCC1CO)c1cnn2ccccc12. The van der Waals surface area contributed by atoms with Crippen LogP contribution >= 0.6 is 0 Å². The van der Waals surface area contributed by atoms with Crippen molar-refractivity contribution in [2.75, 3.05) is 6.61 Å². The molecule has 2 atom stereocenters. The van der Waals surface area contributed by atoms with Crippen LogP contribution < -0.4 is 5.32 Å². The lowest BCUT2D eigenvalue weighted by molar-refractivity contribution is 0.0874. The lowest BCUT2D eigenvalue weighted by Crippen LogP contribution is -2.43. The van der Waals surface area contributed by atoms with E-state index < -0.39 is 0 Å². The van der Waals surface area contributed by atoms with E-state index in [1.807, 2.05) is 24.4 Å². The van der Waals surface area contributed by atoms with E-state index in [-0.39, 0.29) is 24.5 Å². The summed E-state index contributed by atoms with van der Waals surface area (Å²) in [4.78, 5) is 12.4. The van der Waals surface area contributed by atoms with Gasteiger partial charge in [-0.25, -0.2) is 4.52 Å². The third-order valence-corrected chi connectivity index (χ3v) is 4.13. The van der Waals surface area contributed by atoms with Gasteiger partial charge in [-0.3, -0.25) is 4.79 Å². The number of aromatic nitrogens is 2. The maximum Gasteiger partial charge on any atom is 0.255 e. The van der Waals surface area contributed by atoms with Gasteiger partial charge in [0.2, 0.25) is 0 Å². The minimum Gasteiger partial charge on any atom is -0.396 e. The number of pyridine rings is 1. The Balaban J connectivity index is 1.78. The highest BCUT2D eigenvalue weighted by atomic mass is 16.3. The molecule has 5 nitrogen and oxygen atoms in total. The standard InChI is InChI=1S/C15H19N3O2/c19-10-11-5-1-2-6-13(11)17-15(20)12-9-16-18-8-4-3-7-14(12)18/h3-4,7-9,11,13,19H,1-2,5-6,10H2,(H,17,20). The molecule has 2 heterocycles. The third-order valence-electron chi connectivity index (χ3n) is 4.13. The monoisotopic (exact) mass is 273 g/mol. The van der Waals surface area contributed by atoms with Crippen molar-refractivity contribution in [1.29, 1.82) is 0 Å². The summed E-state index contributed by atoms with van der Waals surface area (Å²) in [6.07, 6.45) is 7.58. The van der Waals surface area contributed by atoms with Gasteiger partial charge in [0.1, 0.15) is 0 Å². The first kappa shape index (κ1) is 13.1. The second-order valence-electron chi connectivity index (χ2n) is 5.40. The van der Waals surface area contributed by atoms with Gasteiger partial charge in [0.25, 0.3) is 5.91 Å². The molecule has 1 saturated carbocycles. The molecular formula is C15H19N3O2. The molecule has 0 aliphatic heterocycles. The molecule has 0 spiro atoms. The zero-order chi connectivity index (χ0) is 13.9. The fourth-order valence-corrected chi connectivity index (χ4v) is 2.97. The van der Waals surface area contributed by atoms with Crippen LogP contribution in [0.25, 0.3) is 5.52 Å². The van der Waals surface area contributed by atoms with Gasteiger partial charge in [-0.1, -0.05) is 18.9 Å². The predicted octanol–water partition coefficient (Wildman–Crippen LogP) is 1.62. The van der Waals surface area contributed by atoms with E-state index in [1.54, 1.807) is 10.7 Å². The maximum atomic E-state index is 12.4. The molecule has 2 aromatic rings. The Hall–Kier alpha value is -1.88. The number of nitrogens with zero attached hydrogens (tertiary/aromatic N) is 2. The van der Waals surface area contributed by atoms with Gasteiger partial charge in [0, 0.05) is 24.8 Å². The van der Waals surface area contributed by atoms with Crippen LogP contribution in [0.2, 0.25) is 0 Å². The fraction of sp³-hybridized carbons (Fsp3) is 0.467. The molecule has 5 heteroatoms. The summed E-state index contributed by atoms with van der Waals surface area (Å²) in [5.41, 5.74) is 1.40. The molecule has 0 bridgehead atoms. The van der Waals surface area contributed by atoms with E-state index in [1.165, 1.54) is 0 Å². The van der Waals surface area contributed by atoms with Gasteiger partial charge >= 0.3 is 0 Å². The number of aliphatic hydroxyl groups is 1. The Morgan fingerprint density at radius 3 is 3.10 bits per heavy atom. The second kappa shape index (κ2) is 5.63. The number of rotatable bonds is 3. The number of hydrogen-bond donors (Lipinski definition) is 2. The molecule has 1 aliphatic rings. The summed E-state index contributed by atoms with van der Waals surface area (Å²) < 4.78 is 1.69. The summed E-state index contributed by atoms with van der Waals surface area (Å²) in [5.74, 6) is 0.0751. The van der Waals surface area contributed by atoms with Crippen molar-refractivity contribution in [3.8, 4) is 0 Å². The normalized spacial score (nSPS) is 22.9. The quantitative estimate of drug-likeness (QED) is 0.893. The van der Waals surface area contributed by atoms with E-state index in [9.17, 15) is 9.90 Å². The molecule has 0 aromatic carbocycles. The van der Waals surface area contributed by atoms with Crippen molar-refractivity contribution in [3.05, 3.63) is 36.2 Å². The van der Waals surface area contributed by atoms with Crippen LogP contribution in [0.5, 0.6) is 0 Å². The lowest BCUT2D eigenvalue weighted by atomic mass is 9.85. The smallest absolute Gasteiger partial charge is 0.255 e. The summed E-state index contributed by atoms with van der Waals surface area (Å²) in [6.45, 7) is 0.139. The highest BCUT2D eigenvalue weighted by Gasteiger charge is 2.26. The van der Waals surface area contributed by atoms with E-state index in [0.29, 0.717) is 5.56 Å². The van der Waals surface area contributed by atoms with E-state index >= 15 is 0 Å². The van der Waals surface area contributed by atoms with Crippen LogP contribution in [0.4, 0.5) is 0 Å². The van der Waals surface area contributed by atoms with Crippen molar-refractivity contribution in [1.82, 2.24) is 14.9 Å². The Kier molecular flexibility index (Phi) is 3.69. The van der Waals surface area contributed by atoms with E-state index in [0.717, 1.165) is 31.2 Å². The molecule has 2 unspecified atom stereocenters. The van der Waals surface area contributed by atoms with Crippen LogP contribution in [-0.4, -0.2) is 33.3 Å². The maximum absolute atomic E-state index is 12.4. The van der Waals surface area contributed by atoms with E-state index in [4.69, 9.17) is 0 Å². The van der Waals surface area contributed by atoms with Gasteiger partial charge in [0.15, 0.2) is 0 Å². The summed E-state index contributed by atoms with van der Waals surface area (Å²) >= 11 is 0. The number of aliphatic hydroxyl groups excluding tert-OH is 1. The van der Waals surface area contributed by atoms with Crippen molar-refractivity contribution in [2.45, 2.75) is 31.7 Å². The predicted molar refractivity (Wildman–Crippen MR) is 75.5 cm³/mol. The van der Waals surface area contributed by atoms with Crippen LogP contribution in [0, 0.1) is 5.92 Å². The van der Waals surface area contributed by atoms with Gasteiger partial charge in [-0.2, -0.15) is 5.10 Å². The largest absolute Gasteiger partial charge is 0.396 e. The minimum atomic E-state index is -0.100. The lowest BCUT2D eigenvalue weighted by Gasteiger charge is -2.30. The number of carbonyl (C=O) groups is 1. The zero-order valence-electron chi connectivity index (χ0n) is 11.3. The van der Waals surface area contributed by atoms with E-state index in [2.05, 4.69) is 10.4 Å². The molecular weight excluding hydrogens is 254 g/mol. The first-order valence-corrected chi connectivity index (χ1v) is 7.13.